The number of anilines is 1. The summed E-state index contributed by atoms with van der Waals surface area (Å²) in [5.74, 6) is 0.420. The van der Waals surface area contributed by atoms with Gasteiger partial charge in [0.15, 0.2) is 11.5 Å². The number of hydrogen-bond donors (Lipinski definition) is 1. The molecule has 3 aromatic carbocycles. The second-order valence-corrected chi connectivity index (χ2v) is 10.9. The third kappa shape index (κ3) is 7.49. The van der Waals surface area contributed by atoms with Gasteiger partial charge in [0, 0.05) is 19.2 Å². The Bertz CT molecular complexity index is 1430. The molecular weight excluding hydrogens is 546 g/mol. The molecule has 0 aliphatic heterocycles. The molecule has 0 heterocycles. The minimum atomic E-state index is -4.20. The van der Waals surface area contributed by atoms with Crippen LogP contribution >= 0.6 is 0 Å². The lowest BCUT2D eigenvalue weighted by molar-refractivity contribution is -0.140. The first-order valence-electron chi connectivity index (χ1n) is 13.2. The van der Waals surface area contributed by atoms with Crippen LogP contribution in [0, 0.1) is 0 Å². The van der Waals surface area contributed by atoms with Gasteiger partial charge in [-0.15, -0.1) is 0 Å². The summed E-state index contributed by atoms with van der Waals surface area (Å²) in [5, 5.41) is 2.79. The highest BCUT2D eigenvalue weighted by Crippen LogP contribution is 2.34. The van der Waals surface area contributed by atoms with Crippen LogP contribution in [0.3, 0.4) is 0 Å². The number of nitrogens with zero attached hydrogens (tertiary/aromatic N) is 2. The van der Waals surface area contributed by atoms with Crippen molar-refractivity contribution in [1.82, 2.24) is 10.2 Å². The van der Waals surface area contributed by atoms with Crippen molar-refractivity contribution >= 4 is 27.5 Å². The van der Waals surface area contributed by atoms with Crippen molar-refractivity contribution < 1.29 is 32.2 Å². The number of sulfonamides is 1. The summed E-state index contributed by atoms with van der Waals surface area (Å²) in [6.45, 7) is 3.49. The lowest BCUT2D eigenvalue weighted by Crippen LogP contribution is -2.52. The Morgan fingerprint density at radius 2 is 1.56 bits per heavy atom. The van der Waals surface area contributed by atoms with Crippen LogP contribution in [0.15, 0.2) is 77.7 Å². The molecule has 0 saturated carbocycles. The van der Waals surface area contributed by atoms with Crippen molar-refractivity contribution in [2.24, 2.45) is 0 Å². The van der Waals surface area contributed by atoms with Crippen molar-refractivity contribution in [1.29, 1.82) is 0 Å². The molecule has 10 nitrogen and oxygen atoms in total. The maximum atomic E-state index is 14.1. The molecule has 0 bridgehead atoms. The molecule has 0 saturated heterocycles. The van der Waals surface area contributed by atoms with Gasteiger partial charge in [0.1, 0.15) is 18.3 Å². The van der Waals surface area contributed by atoms with Crippen LogP contribution in [0.1, 0.15) is 25.8 Å². The molecule has 0 aromatic heterocycles. The molecule has 0 radical (unpaired) electrons. The third-order valence-electron chi connectivity index (χ3n) is 6.49. The second kappa shape index (κ2) is 14.4. The number of benzene rings is 3. The SMILES string of the molecule is CCNC(=O)[C@@H](CC)N(Cc1cccc(OC)c1)C(=O)CN(c1ccc(OC)c(OC)c1)S(=O)(=O)c1ccccc1. The highest BCUT2D eigenvalue weighted by atomic mass is 32.2. The minimum absolute atomic E-state index is 0.0118. The fourth-order valence-corrected chi connectivity index (χ4v) is 5.83. The quantitative estimate of drug-likeness (QED) is 0.307. The number of amides is 2. The van der Waals surface area contributed by atoms with Gasteiger partial charge in [0.25, 0.3) is 10.0 Å². The lowest BCUT2D eigenvalue weighted by atomic mass is 10.1. The maximum Gasteiger partial charge on any atom is 0.264 e. The summed E-state index contributed by atoms with van der Waals surface area (Å²) in [7, 11) is 0.254. The summed E-state index contributed by atoms with van der Waals surface area (Å²) in [4.78, 5) is 28.6. The Kier molecular flexibility index (Phi) is 11.0. The van der Waals surface area contributed by atoms with Crippen LogP contribution in [-0.4, -0.2) is 65.6 Å². The number of likely N-dealkylation sites (N-methyl/N-ethyl adjacent to an activating group) is 1. The summed E-state index contributed by atoms with van der Waals surface area (Å²) >= 11 is 0. The van der Waals surface area contributed by atoms with Crippen molar-refractivity contribution in [2.75, 3.05) is 38.7 Å². The van der Waals surface area contributed by atoms with E-state index in [2.05, 4.69) is 5.32 Å². The fourth-order valence-electron chi connectivity index (χ4n) is 4.41. The van der Waals surface area contributed by atoms with Crippen LogP contribution in [0.2, 0.25) is 0 Å². The van der Waals surface area contributed by atoms with Gasteiger partial charge in [0.05, 0.1) is 31.9 Å². The van der Waals surface area contributed by atoms with E-state index in [1.165, 1.54) is 37.3 Å². The Hall–Kier alpha value is -4.25. The topological polar surface area (TPSA) is 114 Å². The van der Waals surface area contributed by atoms with E-state index in [1.807, 2.05) is 6.07 Å². The zero-order chi connectivity index (χ0) is 30.0. The van der Waals surface area contributed by atoms with Gasteiger partial charge in [-0.05, 0) is 55.3 Å². The molecule has 2 amide bonds. The van der Waals surface area contributed by atoms with E-state index in [1.54, 1.807) is 69.5 Å². The minimum Gasteiger partial charge on any atom is -0.497 e. The molecule has 3 rings (SSSR count). The predicted octanol–water partition coefficient (Wildman–Crippen LogP) is 3.85. The summed E-state index contributed by atoms with van der Waals surface area (Å²) < 4.78 is 45.0. The van der Waals surface area contributed by atoms with E-state index < -0.39 is 28.5 Å². The van der Waals surface area contributed by atoms with Gasteiger partial charge in [0.2, 0.25) is 11.8 Å². The highest BCUT2D eigenvalue weighted by molar-refractivity contribution is 7.92. The summed E-state index contributed by atoms with van der Waals surface area (Å²) in [6.07, 6.45) is 0.323. The van der Waals surface area contributed by atoms with Gasteiger partial charge in [-0.1, -0.05) is 37.3 Å². The van der Waals surface area contributed by atoms with Gasteiger partial charge in [-0.25, -0.2) is 8.42 Å². The fraction of sp³-hybridized carbons (Fsp3) is 0.333. The molecule has 0 spiro atoms. The van der Waals surface area contributed by atoms with Crippen LogP contribution < -0.4 is 23.8 Å². The van der Waals surface area contributed by atoms with Gasteiger partial charge in [-0.3, -0.25) is 13.9 Å². The van der Waals surface area contributed by atoms with E-state index >= 15 is 0 Å². The second-order valence-electron chi connectivity index (χ2n) is 9.06. The van der Waals surface area contributed by atoms with Gasteiger partial charge in [-0.2, -0.15) is 0 Å². The molecule has 0 unspecified atom stereocenters. The molecule has 0 aliphatic carbocycles. The lowest BCUT2D eigenvalue weighted by Gasteiger charge is -2.33. The predicted molar refractivity (Wildman–Crippen MR) is 157 cm³/mol. The molecule has 0 aliphatic rings. The van der Waals surface area contributed by atoms with E-state index in [-0.39, 0.29) is 23.0 Å². The van der Waals surface area contributed by atoms with Crippen molar-refractivity contribution in [2.45, 2.75) is 37.8 Å². The zero-order valence-electron chi connectivity index (χ0n) is 24.0. The highest BCUT2D eigenvalue weighted by Gasteiger charge is 2.34. The van der Waals surface area contributed by atoms with E-state index in [4.69, 9.17) is 14.2 Å². The Labute approximate surface area is 241 Å². The Morgan fingerprint density at radius 1 is 0.854 bits per heavy atom. The number of nitrogens with one attached hydrogen (secondary N) is 1. The number of carbonyl (C=O) groups excluding carboxylic acids is 2. The molecular formula is C30H37N3O7S. The molecule has 3 aromatic rings. The first-order chi connectivity index (χ1) is 19.7. The van der Waals surface area contributed by atoms with Crippen molar-refractivity contribution in [3.05, 3.63) is 78.4 Å². The molecule has 1 atom stereocenters. The van der Waals surface area contributed by atoms with E-state index in [9.17, 15) is 18.0 Å². The number of methoxy groups -OCH3 is 3. The molecule has 220 valence electrons. The average Bonchev–Trinajstić information content (AvgIpc) is 2.99. The Balaban J connectivity index is 2.11. The summed E-state index contributed by atoms with van der Waals surface area (Å²) in [5.41, 5.74) is 0.927. The van der Waals surface area contributed by atoms with Gasteiger partial charge < -0.3 is 24.4 Å². The zero-order valence-corrected chi connectivity index (χ0v) is 24.8. The Morgan fingerprint density at radius 3 is 2.17 bits per heavy atom. The third-order valence-corrected chi connectivity index (χ3v) is 8.28. The average molecular weight is 584 g/mol. The van der Waals surface area contributed by atoms with E-state index in [0.717, 1.165) is 9.87 Å². The standard InChI is InChI=1S/C30H37N3O7S/c1-6-26(30(35)31-7-2)32(20-22-12-11-13-24(18-22)38-3)29(34)21-33(41(36,37)25-14-9-8-10-15-25)23-16-17-27(39-4)28(19-23)40-5/h8-19,26H,6-7,20-21H2,1-5H3,(H,31,35)/t26-/m1/s1. The first kappa shape index (κ1) is 31.3. The molecule has 11 heteroatoms. The molecule has 1 N–H and O–H groups in total. The molecule has 0 fully saturated rings. The van der Waals surface area contributed by atoms with Crippen LogP contribution in [0.25, 0.3) is 0 Å². The van der Waals surface area contributed by atoms with Gasteiger partial charge >= 0.3 is 0 Å². The van der Waals surface area contributed by atoms with E-state index in [0.29, 0.717) is 30.2 Å². The molecule has 41 heavy (non-hydrogen) atoms. The van der Waals surface area contributed by atoms with Crippen LogP contribution in [0.5, 0.6) is 17.2 Å². The number of carbonyl (C=O) groups is 2. The smallest absolute Gasteiger partial charge is 0.264 e. The maximum absolute atomic E-state index is 14.1. The number of rotatable bonds is 14. The largest absolute Gasteiger partial charge is 0.497 e. The van der Waals surface area contributed by atoms with Crippen molar-refractivity contribution in [3.63, 3.8) is 0 Å². The summed E-state index contributed by atoms with van der Waals surface area (Å²) in [6, 6.07) is 18.8. The van der Waals surface area contributed by atoms with Crippen LogP contribution in [-0.2, 0) is 26.2 Å². The number of ether oxygens (including phenoxy) is 3. The normalized spacial score (nSPS) is 11.7. The monoisotopic (exact) mass is 583 g/mol. The number of hydrogen-bond acceptors (Lipinski definition) is 7. The van der Waals surface area contributed by atoms with Crippen molar-refractivity contribution in [3.8, 4) is 17.2 Å². The first-order valence-corrected chi connectivity index (χ1v) is 14.6. The van der Waals surface area contributed by atoms with Crippen LogP contribution in [0.4, 0.5) is 5.69 Å².